The minimum atomic E-state index is 0.0902. The van der Waals surface area contributed by atoms with Crippen LogP contribution in [0.4, 0.5) is 0 Å². The molecule has 1 aromatic rings. The van der Waals surface area contributed by atoms with Crippen LogP contribution in [0.5, 0.6) is 0 Å². The van der Waals surface area contributed by atoms with E-state index in [2.05, 4.69) is 52.1 Å². The van der Waals surface area contributed by atoms with Gasteiger partial charge in [-0.25, -0.2) is 0 Å². The molecular weight excluding hydrogens is 340 g/mol. The fourth-order valence-electron chi connectivity index (χ4n) is 3.11. The number of carbonyl (C=O) groups excluding carboxylic acids is 1. The van der Waals surface area contributed by atoms with Crippen LogP contribution in [0, 0.1) is 11.8 Å². The Bertz CT molecular complexity index is 482. The van der Waals surface area contributed by atoms with E-state index in [0.29, 0.717) is 11.8 Å². The lowest BCUT2D eigenvalue weighted by atomic mass is 9.89. The third kappa shape index (κ3) is 5.40. The summed E-state index contributed by atoms with van der Waals surface area (Å²) in [5.41, 5.74) is 1.24. The van der Waals surface area contributed by atoms with Gasteiger partial charge in [-0.05, 0) is 49.4 Å². The van der Waals surface area contributed by atoms with Crippen LogP contribution in [0.3, 0.4) is 0 Å². The van der Waals surface area contributed by atoms with Crippen molar-refractivity contribution in [3.05, 3.63) is 34.3 Å². The van der Waals surface area contributed by atoms with Crippen LogP contribution in [-0.2, 0) is 11.2 Å². The summed E-state index contributed by atoms with van der Waals surface area (Å²) in [5, 5.41) is 3.37. The number of benzene rings is 1. The van der Waals surface area contributed by atoms with E-state index in [-0.39, 0.29) is 5.92 Å². The second-order valence-corrected chi connectivity index (χ2v) is 7.51. The van der Waals surface area contributed by atoms with Crippen molar-refractivity contribution in [1.29, 1.82) is 0 Å². The first-order valence-electron chi connectivity index (χ1n) is 8.30. The van der Waals surface area contributed by atoms with Crippen LogP contribution < -0.4 is 5.32 Å². The van der Waals surface area contributed by atoms with Crippen LogP contribution in [0.1, 0.15) is 32.3 Å². The van der Waals surface area contributed by atoms with Gasteiger partial charge in [0.25, 0.3) is 0 Å². The van der Waals surface area contributed by atoms with Crippen molar-refractivity contribution in [2.24, 2.45) is 11.8 Å². The summed E-state index contributed by atoms with van der Waals surface area (Å²) < 4.78 is 1.08. The molecule has 1 N–H and O–H groups in total. The molecule has 0 aliphatic carbocycles. The first kappa shape index (κ1) is 17.5. The Morgan fingerprint density at radius 3 is 2.86 bits per heavy atom. The van der Waals surface area contributed by atoms with Crippen LogP contribution in [0.25, 0.3) is 0 Å². The van der Waals surface area contributed by atoms with Gasteiger partial charge in [0.05, 0.1) is 0 Å². The molecule has 1 amide bonds. The highest BCUT2D eigenvalue weighted by Crippen LogP contribution is 2.22. The number of hydrogen-bond acceptors (Lipinski definition) is 2. The highest BCUT2D eigenvalue weighted by molar-refractivity contribution is 9.10. The van der Waals surface area contributed by atoms with Gasteiger partial charge in [0.1, 0.15) is 0 Å². The highest BCUT2D eigenvalue weighted by atomic mass is 79.9. The lowest BCUT2D eigenvalue weighted by Crippen LogP contribution is -2.39. The van der Waals surface area contributed by atoms with E-state index in [9.17, 15) is 4.79 Å². The van der Waals surface area contributed by atoms with Crippen LogP contribution in [0.15, 0.2) is 28.7 Å². The van der Waals surface area contributed by atoms with Gasteiger partial charge in [0, 0.05) is 30.0 Å². The predicted molar refractivity (Wildman–Crippen MR) is 94.9 cm³/mol. The van der Waals surface area contributed by atoms with Gasteiger partial charge < -0.3 is 10.2 Å². The largest absolute Gasteiger partial charge is 0.341 e. The number of rotatable bonds is 5. The van der Waals surface area contributed by atoms with Crippen LogP contribution in [0.2, 0.25) is 0 Å². The van der Waals surface area contributed by atoms with Crippen molar-refractivity contribution in [2.45, 2.75) is 33.1 Å². The molecule has 22 heavy (non-hydrogen) atoms. The zero-order valence-electron chi connectivity index (χ0n) is 13.6. The van der Waals surface area contributed by atoms with Crippen molar-refractivity contribution in [3.63, 3.8) is 0 Å². The molecule has 3 nitrogen and oxygen atoms in total. The summed E-state index contributed by atoms with van der Waals surface area (Å²) in [7, 11) is 0. The number of halogens is 1. The topological polar surface area (TPSA) is 32.3 Å². The van der Waals surface area contributed by atoms with Crippen molar-refractivity contribution >= 4 is 21.8 Å². The number of hydrogen-bond donors (Lipinski definition) is 1. The Balaban J connectivity index is 2.08. The maximum absolute atomic E-state index is 13.0. The third-order valence-electron chi connectivity index (χ3n) is 4.13. The van der Waals surface area contributed by atoms with Crippen molar-refractivity contribution < 1.29 is 4.79 Å². The second kappa shape index (κ2) is 8.68. The Hall–Kier alpha value is -0.870. The van der Waals surface area contributed by atoms with Gasteiger partial charge in [0.2, 0.25) is 5.91 Å². The minimum absolute atomic E-state index is 0.0902. The van der Waals surface area contributed by atoms with E-state index < -0.39 is 0 Å². The molecule has 0 aromatic heterocycles. The van der Waals surface area contributed by atoms with E-state index in [4.69, 9.17) is 0 Å². The van der Waals surface area contributed by atoms with Gasteiger partial charge in [-0.15, -0.1) is 0 Å². The van der Waals surface area contributed by atoms with E-state index >= 15 is 0 Å². The summed E-state index contributed by atoms with van der Waals surface area (Å²) in [5.74, 6) is 0.955. The number of carbonyl (C=O) groups is 1. The van der Waals surface area contributed by atoms with Crippen molar-refractivity contribution in [3.8, 4) is 0 Å². The fraction of sp³-hybridized carbons (Fsp3) is 0.611. The monoisotopic (exact) mass is 366 g/mol. The minimum Gasteiger partial charge on any atom is -0.341 e. The molecule has 0 radical (unpaired) electrons. The Morgan fingerprint density at radius 1 is 1.32 bits per heavy atom. The van der Waals surface area contributed by atoms with Gasteiger partial charge >= 0.3 is 0 Å². The van der Waals surface area contributed by atoms with Gasteiger partial charge in [0.15, 0.2) is 0 Å². The molecule has 2 rings (SSSR count). The van der Waals surface area contributed by atoms with E-state index in [1.54, 1.807) is 0 Å². The summed E-state index contributed by atoms with van der Waals surface area (Å²) >= 11 is 3.52. The lowest BCUT2D eigenvalue weighted by molar-refractivity contribution is -0.135. The number of amides is 1. The first-order valence-corrected chi connectivity index (χ1v) is 9.09. The average molecular weight is 367 g/mol. The van der Waals surface area contributed by atoms with E-state index in [0.717, 1.165) is 49.9 Å². The molecule has 1 fully saturated rings. The van der Waals surface area contributed by atoms with Crippen molar-refractivity contribution in [2.75, 3.05) is 26.2 Å². The zero-order chi connectivity index (χ0) is 15.9. The average Bonchev–Trinajstić information content (AvgIpc) is 2.74. The maximum Gasteiger partial charge on any atom is 0.226 e. The first-order chi connectivity index (χ1) is 10.6. The summed E-state index contributed by atoms with van der Waals surface area (Å²) in [6, 6.07) is 8.33. The quantitative estimate of drug-likeness (QED) is 0.864. The molecule has 0 saturated carbocycles. The molecule has 1 heterocycles. The molecular formula is C18H27BrN2O. The van der Waals surface area contributed by atoms with Gasteiger partial charge in [-0.1, -0.05) is 41.9 Å². The summed E-state index contributed by atoms with van der Waals surface area (Å²) in [6.45, 7) is 8.06. The van der Waals surface area contributed by atoms with E-state index in [1.165, 1.54) is 5.56 Å². The predicted octanol–water partition coefficient (Wildman–Crippen LogP) is 3.48. The molecule has 1 saturated heterocycles. The van der Waals surface area contributed by atoms with Crippen LogP contribution in [-0.4, -0.2) is 37.0 Å². The Morgan fingerprint density at radius 2 is 2.14 bits per heavy atom. The van der Waals surface area contributed by atoms with Crippen molar-refractivity contribution in [1.82, 2.24) is 10.2 Å². The molecule has 1 aliphatic rings. The smallest absolute Gasteiger partial charge is 0.226 e. The highest BCUT2D eigenvalue weighted by Gasteiger charge is 2.25. The standard InChI is InChI=1S/C18H27BrN2O/c1-14(2)11-16(12-15-5-3-6-17(19)13-15)18(22)21-9-4-7-20-8-10-21/h3,5-6,13-14,16,20H,4,7-12H2,1-2H3. The number of nitrogens with one attached hydrogen (secondary N) is 1. The molecule has 1 aromatic carbocycles. The van der Waals surface area contributed by atoms with Gasteiger partial charge in [-0.2, -0.15) is 0 Å². The molecule has 4 heteroatoms. The summed E-state index contributed by atoms with van der Waals surface area (Å²) in [6.07, 6.45) is 2.84. The molecule has 122 valence electrons. The van der Waals surface area contributed by atoms with Gasteiger partial charge in [-0.3, -0.25) is 4.79 Å². The molecule has 1 aliphatic heterocycles. The number of nitrogens with zero attached hydrogens (tertiary/aromatic N) is 1. The Kier molecular flexibility index (Phi) is 6.90. The third-order valence-corrected chi connectivity index (χ3v) is 4.62. The molecule has 0 bridgehead atoms. The van der Waals surface area contributed by atoms with Crippen LogP contribution >= 0.6 is 15.9 Å². The fourth-order valence-corrected chi connectivity index (χ4v) is 3.56. The molecule has 1 unspecified atom stereocenters. The SMILES string of the molecule is CC(C)CC(Cc1cccc(Br)c1)C(=O)N1CCCNCC1. The molecule has 0 spiro atoms. The van der Waals surface area contributed by atoms with E-state index in [1.807, 2.05) is 12.1 Å². The molecule has 1 atom stereocenters. The maximum atomic E-state index is 13.0. The lowest BCUT2D eigenvalue weighted by Gasteiger charge is -2.27. The summed E-state index contributed by atoms with van der Waals surface area (Å²) in [4.78, 5) is 15.0. The normalized spacial score (nSPS) is 17.4. The Labute approximate surface area is 142 Å². The second-order valence-electron chi connectivity index (χ2n) is 6.59. The zero-order valence-corrected chi connectivity index (χ0v) is 15.2.